The predicted octanol–water partition coefficient (Wildman–Crippen LogP) is 10.4. The summed E-state index contributed by atoms with van der Waals surface area (Å²) in [4.78, 5) is 17.1. The molecule has 1 radical (unpaired) electrons. The molecule has 0 spiro atoms. The van der Waals surface area contributed by atoms with Crippen LogP contribution < -0.4 is 5.19 Å². The van der Waals surface area contributed by atoms with E-state index in [1.807, 2.05) is 0 Å². The van der Waals surface area contributed by atoms with Crippen LogP contribution in [0.4, 0.5) is 0 Å². The van der Waals surface area contributed by atoms with E-state index in [2.05, 4.69) is 106 Å². The van der Waals surface area contributed by atoms with Crippen LogP contribution in [-0.2, 0) is 24.9 Å². The van der Waals surface area contributed by atoms with Crippen molar-refractivity contribution < 1.29 is 34.1 Å². The van der Waals surface area contributed by atoms with Crippen LogP contribution in [0, 0.1) is 31.7 Å². The molecule has 4 aromatic rings. The van der Waals surface area contributed by atoms with E-state index in [0.717, 1.165) is 22.3 Å². The van der Waals surface area contributed by atoms with Crippen LogP contribution in [0.1, 0.15) is 68.6 Å². The Morgan fingerprint density at radius 1 is 0.932 bits per heavy atom. The minimum atomic E-state index is -1.40. The van der Waals surface area contributed by atoms with Gasteiger partial charge in [-0.15, -0.1) is 34.9 Å². The Kier molecular flexibility index (Phi) is 12.6. The number of benzene rings is 3. The molecule has 1 N–H and O–H groups in total. The maximum absolute atomic E-state index is 12.1. The number of rotatable bonds is 10. The molecule has 0 unspecified atom stereocenters. The van der Waals surface area contributed by atoms with Crippen molar-refractivity contribution in [2.75, 3.05) is 0 Å². The Morgan fingerprint density at radius 2 is 1.55 bits per heavy atom. The molecule has 237 valence electrons. The van der Waals surface area contributed by atoms with Gasteiger partial charge in [0.15, 0.2) is 5.78 Å². The summed E-state index contributed by atoms with van der Waals surface area (Å²) < 4.78 is 23.8. The minimum absolute atomic E-state index is 0. The normalized spacial score (nSPS) is 13.4. The largest absolute Gasteiger partial charge is 0.512 e. The predicted molar refractivity (Wildman–Crippen MR) is 188 cm³/mol. The van der Waals surface area contributed by atoms with Crippen LogP contribution in [0.25, 0.3) is 33.3 Å². The fourth-order valence-electron chi connectivity index (χ4n) is 5.16. The molecule has 0 saturated carbocycles. The molecule has 3 nitrogen and oxygen atoms in total. The third kappa shape index (κ3) is 9.82. The number of allylic oxidation sites excluding steroid dienone is 2. The Morgan fingerprint density at radius 3 is 2.09 bits per heavy atom. The fraction of sp³-hybridized carbons (Fsp3) is 0.385. The maximum Gasteiger partial charge on any atom is 0.162 e. The van der Waals surface area contributed by atoms with Crippen LogP contribution in [0.3, 0.4) is 0 Å². The van der Waals surface area contributed by atoms with Crippen molar-refractivity contribution in [1.82, 2.24) is 4.98 Å². The van der Waals surface area contributed by atoms with E-state index < -0.39 is 37.5 Å². The average molecular weight is 788 g/mol. The molecule has 4 rings (SSSR count). The van der Waals surface area contributed by atoms with Gasteiger partial charge in [-0.3, -0.25) is 9.78 Å². The SMILES string of the molecule is Cc1[c-]c(-c2cc(-c3ccccc3)c3cc([Si](C)(C)C)ccc3n2)cc(C)c1.[2H]/C(C(=O)C([2H])(CC)CC)=C(/O)C([2H])(CC)CC.[Ir]. The van der Waals surface area contributed by atoms with Gasteiger partial charge in [-0.25, -0.2) is 0 Å². The quantitative estimate of drug-likeness (QED) is 0.0754. The molecule has 0 aliphatic heterocycles. The van der Waals surface area contributed by atoms with Gasteiger partial charge < -0.3 is 5.11 Å². The summed E-state index contributed by atoms with van der Waals surface area (Å²) in [7, 11) is -1.40. The number of aromatic nitrogens is 1. The Hall–Kier alpha value is -2.85. The maximum atomic E-state index is 12.1. The number of ketones is 1. The second-order valence-corrected chi connectivity index (χ2v) is 17.2. The number of aliphatic hydroxyl groups excluding tert-OH is 1. The number of carbonyl (C=O) groups is 1. The van der Waals surface area contributed by atoms with Gasteiger partial charge in [0.2, 0.25) is 0 Å². The summed E-state index contributed by atoms with van der Waals surface area (Å²) in [5, 5.41) is 12.7. The number of fused-ring (bicyclic) bond motifs is 1. The zero-order valence-electron chi connectivity index (χ0n) is 30.8. The van der Waals surface area contributed by atoms with E-state index in [9.17, 15) is 9.90 Å². The first-order chi connectivity index (χ1) is 21.5. The van der Waals surface area contributed by atoms with Crippen LogP contribution in [0.5, 0.6) is 0 Å². The molecule has 0 bridgehead atoms. The van der Waals surface area contributed by atoms with E-state index in [-0.39, 0.29) is 20.1 Å². The zero-order chi connectivity index (χ0) is 34.4. The van der Waals surface area contributed by atoms with E-state index in [1.54, 1.807) is 27.7 Å². The van der Waals surface area contributed by atoms with Gasteiger partial charge in [-0.05, 0) is 48.6 Å². The van der Waals surface area contributed by atoms with Crippen molar-refractivity contribution in [3.8, 4) is 22.4 Å². The second kappa shape index (κ2) is 17.0. The molecule has 0 atom stereocenters. The standard InChI is InChI=1S/C26H26NSi.C13H24O2.Ir/c1-18-13-19(2)15-21(14-18)26-17-23(20-9-7-6-8-10-20)24-16-22(28(3,4)5)11-12-25(24)27-26;1-5-10(6-2)12(14)9-13(15)11(7-3)8-4;/h6-14,16-17H,1-5H3;9-11,14H,5-8H2,1-4H3;/q-1;;/b;12-9-;/i;9D,10D,11D;. The monoisotopic (exact) mass is 788 g/mol. The summed E-state index contributed by atoms with van der Waals surface area (Å²) in [6.45, 7) is 18.3. The molecule has 0 aliphatic carbocycles. The summed E-state index contributed by atoms with van der Waals surface area (Å²) in [6, 6.07) is 27.0. The molecule has 44 heavy (non-hydrogen) atoms. The summed E-state index contributed by atoms with van der Waals surface area (Å²) in [5.74, 6) is -3.86. The summed E-state index contributed by atoms with van der Waals surface area (Å²) in [6.07, 6.45) is 1.24. The van der Waals surface area contributed by atoms with Gasteiger partial charge in [0.1, 0.15) is 0 Å². The number of aryl methyl sites for hydroxylation is 2. The molecule has 0 fully saturated rings. The molecule has 5 heteroatoms. The Labute approximate surface area is 284 Å². The molecule has 0 aliphatic rings. The van der Waals surface area contributed by atoms with Gasteiger partial charge in [0.05, 0.1) is 20.7 Å². The van der Waals surface area contributed by atoms with Crippen LogP contribution in [0.2, 0.25) is 19.6 Å². The summed E-state index contributed by atoms with van der Waals surface area (Å²) >= 11 is 0. The van der Waals surface area contributed by atoms with Crippen molar-refractivity contribution in [2.24, 2.45) is 11.8 Å². The van der Waals surface area contributed by atoms with Crippen molar-refractivity contribution in [1.29, 1.82) is 0 Å². The minimum Gasteiger partial charge on any atom is -0.512 e. The summed E-state index contributed by atoms with van der Waals surface area (Å²) in [5.41, 5.74) is 7.95. The molecule has 3 aromatic carbocycles. The van der Waals surface area contributed by atoms with E-state index in [0.29, 0.717) is 25.7 Å². The zero-order valence-corrected chi connectivity index (χ0v) is 31.2. The van der Waals surface area contributed by atoms with Gasteiger partial charge in [-0.2, -0.15) is 0 Å². The molecule has 0 amide bonds. The molecular weight excluding hydrogens is 735 g/mol. The van der Waals surface area contributed by atoms with Crippen LogP contribution in [-0.4, -0.2) is 23.9 Å². The first-order valence-electron chi connectivity index (χ1n) is 17.0. The van der Waals surface area contributed by atoms with Gasteiger partial charge in [0, 0.05) is 46.1 Å². The molecular formula is C39H50IrNO2Si-. The Balaban J connectivity index is 0.000000355. The fourth-order valence-corrected chi connectivity index (χ4v) is 6.32. The van der Waals surface area contributed by atoms with Crippen molar-refractivity contribution in [2.45, 2.75) is 86.9 Å². The van der Waals surface area contributed by atoms with Gasteiger partial charge in [-0.1, -0.05) is 115 Å². The number of carbonyl (C=O) groups excluding carboxylic acids is 1. The van der Waals surface area contributed by atoms with E-state index in [1.165, 1.54) is 27.3 Å². The number of nitrogens with zero attached hydrogens (tertiary/aromatic N) is 1. The van der Waals surface area contributed by atoms with Crippen molar-refractivity contribution in [3.05, 3.63) is 95.7 Å². The van der Waals surface area contributed by atoms with Gasteiger partial charge in [0.25, 0.3) is 0 Å². The van der Waals surface area contributed by atoms with E-state index in [4.69, 9.17) is 9.10 Å². The number of hydrogen-bond acceptors (Lipinski definition) is 3. The van der Waals surface area contributed by atoms with Gasteiger partial charge >= 0.3 is 0 Å². The third-order valence-corrected chi connectivity index (χ3v) is 9.82. The van der Waals surface area contributed by atoms with Crippen molar-refractivity contribution >= 4 is 29.9 Å². The third-order valence-electron chi connectivity index (χ3n) is 7.78. The number of pyridine rings is 1. The molecule has 0 saturated heterocycles. The molecule has 1 heterocycles. The van der Waals surface area contributed by atoms with Crippen molar-refractivity contribution in [3.63, 3.8) is 0 Å². The number of aliphatic hydroxyl groups is 1. The molecule has 1 aromatic heterocycles. The first kappa shape index (κ1) is 32.5. The smallest absolute Gasteiger partial charge is 0.162 e. The first-order valence-corrected chi connectivity index (χ1v) is 19.0. The Bertz CT molecular complexity index is 1690. The second-order valence-electron chi connectivity index (χ2n) is 12.1. The number of hydrogen-bond donors (Lipinski definition) is 1. The van der Waals surface area contributed by atoms with E-state index >= 15 is 0 Å². The topological polar surface area (TPSA) is 50.2 Å². The average Bonchev–Trinajstić information content (AvgIpc) is 3.05. The van der Waals surface area contributed by atoms with Crippen LogP contribution >= 0.6 is 0 Å². The van der Waals surface area contributed by atoms with Crippen LogP contribution in [0.15, 0.2) is 78.5 Å².